The second kappa shape index (κ2) is 3.68. The largest absolute Gasteiger partial charge is 0.499 e. The lowest BCUT2D eigenvalue weighted by Gasteiger charge is -2.32. The van der Waals surface area contributed by atoms with Crippen LogP contribution in [0.5, 0.6) is 0 Å². The van der Waals surface area contributed by atoms with E-state index in [2.05, 4.69) is 4.98 Å². The van der Waals surface area contributed by atoms with Crippen LogP contribution in [0.15, 0.2) is 16.9 Å². The lowest BCUT2D eigenvalue weighted by molar-refractivity contribution is 0.00578. The highest BCUT2D eigenvalue weighted by molar-refractivity contribution is 6.62. The number of halogens is 1. The second-order valence-corrected chi connectivity index (χ2v) is 5.18. The summed E-state index contributed by atoms with van der Waals surface area (Å²) in [5, 5.41) is 0. The van der Waals surface area contributed by atoms with Crippen LogP contribution < -0.4 is 11.0 Å². The number of aromatic amines is 1. The summed E-state index contributed by atoms with van der Waals surface area (Å²) in [7, 11) is -0.795. The van der Waals surface area contributed by atoms with Gasteiger partial charge >= 0.3 is 7.12 Å². The number of rotatable bonds is 1. The summed E-state index contributed by atoms with van der Waals surface area (Å²) in [4.78, 5) is 13.0. The third-order valence-corrected chi connectivity index (χ3v) is 3.41. The Morgan fingerprint density at radius 1 is 1.18 bits per heavy atom. The molecule has 92 valence electrons. The van der Waals surface area contributed by atoms with E-state index >= 15 is 0 Å². The van der Waals surface area contributed by atoms with Gasteiger partial charge < -0.3 is 9.31 Å². The maximum Gasteiger partial charge on any atom is 0.499 e. The number of pyridine rings is 1. The van der Waals surface area contributed by atoms with Crippen molar-refractivity contribution in [1.29, 1.82) is 0 Å². The molecule has 0 aromatic carbocycles. The van der Waals surface area contributed by atoms with Crippen molar-refractivity contribution in [3.8, 4) is 0 Å². The summed E-state index contributed by atoms with van der Waals surface area (Å²) in [6, 6.07) is 2.64. The van der Waals surface area contributed by atoms with Crippen molar-refractivity contribution >= 4 is 12.6 Å². The Labute approximate surface area is 99.3 Å². The van der Waals surface area contributed by atoms with Crippen LogP contribution in [0.4, 0.5) is 4.39 Å². The second-order valence-electron chi connectivity index (χ2n) is 5.18. The van der Waals surface area contributed by atoms with Gasteiger partial charge in [0.1, 0.15) is 0 Å². The Hall–Kier alpha value is -1.14. The molecule has 0 spiro atoms. The van der Waals surface area contributed by atoms with Gasteiger partial charge in [-0.25, -0.2) is 0 Å². The SMILES string of the molecule is CC1(C)OB(c2ccc(=O)[nH]c2F)OC1(C)C. The van der Waals surface area contributed by atoms with Crippen LogP contribution >= 0.6 is 0 Å². The van der Waals surface area contributed by atoms with E-state index in [1.165, 1.54) is 12.1 Å². The van der Waals surface area contributed by atoms with Crippen LogP contribution in [0.2, 0.25) is 0 Å². The number of aromatic nitrogens is 1. The van der Waals surface area contributed by atoms with Crippen molar-refractivity contribution in [3.05, 3.63) is 28.4 Å². The van der Waals surface area contributed by atoms with E-state index in [1.807, 2.05) is 27.7 Å². The van der Waals surface area contributed by atoms with Crippen molar-refractivity contribution < 1.29 is 13.7 Å². The molecule has 2 heterocycles. The fraction of sp³-hybridized carbons (Fsp3) is 0.545. The summed E-state index contributed by atoms with van der Waals surface area (Å²) >= 11 is 0. The van der Waals surface area contributed by atoms with Gasteiger partial charge in [0.05, 0.1) is 11.2 Å². The predicted octanol–water partition coefficient (Wildman–Crippen LogP) is 0.813. The molecule has 6 heteroatoms. The van der Waals surface area contributed by atoms with E-state index in [1.54, 1.807) is 0 Å². The molecular weight excluding hydrogens is 224 g/mol. The topological polar surface area (TPSA) is 51.3 Å². The molecule has 1 saturated heterocycles. The molecule has 1 aromatic heterocycles. The molecule has 1 aromatic rings. The minimum Gasteiger partial charge on any atom is -0.399 e. The van der Waals surface area contributed by atoms with Crippen LogP contribution in [0, 0.1) is 5.95 Å². The zero-order valence-corrected chi connectivity index (χ0v) is 10.3. The third kappa shape index (κ3) is 2.02. The van der Waals surface area contributed by atoms with Gasteiger partial charge in [0.2, 0.25) is 5.56 Å². The predicted molar refractivity (Wildman–Crippen MR) is 62.7 cm³/mol. The molecular formula is C11H15BFNO3. The van der Waals surface area contributed by atoms with Crippen LogP contribution in [0.1, 0.15) is 27.7 Å². The van der Waals surface area contributed by atoms with Crippen LogP contribution in [-0.2, 0) is 9.31 Å². The third-order valence-electron chi connectivity index (χ3n) is 3.41. The van der Waals surface area contributed by atoms with Gasteiger partial charge in [0.25, 0.3) is 0 Å². The van der Waals surface area contributed by atoms with E-state index in [4.69, 9.17) is 9.31 Å². The molecule has 1 aliphatic rings. The van der Waals surface area contributed by atoms with Crippen molar-refractivity contribution in [2.24, 2.45) is 0 Å². The van der Waals surface area contributed by atoms with Crippen molar-refractivity contribution in [2.45, 2.75) is 38.9 Å². The number of H-pyrrole nitrogens is 1. The molecule has 0 aliphatic carbocycles. The van der Waals surface area contributed by atoms with Gasteiger partial charge in [-0.15, -0.1) is 0 Å². The fourth-order valence-corrected chi connectivity index (χ4v) is 1.61. The van der Waals surface area contributed by atoms with Crippen molar-refractivity contribution in [3.63, 3.8) is 0 Å². The smallest absolute Gasteiger partial charge is 0.399 e. The Morgan fingerprint density at radius 2 is 1.71 bits per heavy atom. The average Bonchev–Trinajstić information content (AvgIpc) is 2.35. The molecule has 0 radical (unpaired) electrons. The Balaban J connectivity index is 2.35. The quantitative estimate of drug-likeness (QED) is 0.582. The summed E-state index contributed by atoms with van der Waals surface area (Å²) in [6.45, 7) is 7.54. The Kier molecular flexibility index (Phi) is 2.67. The van der Waals surface area contributed by atoms with E-state index in [9.17, 15) is 9.18 Å². The first-order valence-electron chi connectivity index (χ1n) is 5.47. The maximum atomic E-state index is 13.6. The normalized spacial score (nSPS) is 21.8. The molecule has 1 fully saturated rings. The molecule has 4 nitrogen and oxygen atoms in total. The Morgan fingerprint density at radius 3 is 2.18 bits per heavy atom. The van der Waals surface area contributed by atoms with Gasteiger partial charge in [0.15, 0.2) is 5.95 Å². The highest BCUT2D eigenvalue weighted by Crippen LogP contribution is 2.36. The number of hydrogen-bond acceptors (Lipinski definition) is 3. The molecule has 0 amide bonds. The van der Waals surface area contributed by atoms with Gasteiger partial charge in [-0.05, 0) is 27.7 Å². The molecule has 0 bridgehead atoms. The van der Waals surface area contributed by atoms with E-state index in [-0.39, 0.29) is 5.46 Å². The number of nitrogens with one attached hydrogen (secondary N) is 1. The first-order valence-corrected chi connectivity index (χ1v) is 5.47. The lowest BCUT2D eigenvalue weighted by Crippen LogP contribution is -2.41. The summed E-state index contributed by atoms with van der Waals surface area (Å²) in [5.41, 5.74) is -1.33. The zero-order valence-electron chi connectivity index (χ0n) is 10.3. The van der Waals surface area contributed by atoms with Gasteiger partial charge in [-0.2, -0.15) is 4.39 Å². The maximum absolute atomic E-state index is 13.6. The molecule has 1 N–H and O–H groups in total. The minimum absolute atomic E-state index is 0.211. The highest BCUT2D eigenvalue weighted by Gasteiger charge is 2.52. The zero-order chi connectivity index (χ0) is 12.8. The van der Waals surface area contributed by atoms with E-state index in [0.717, 1.165) is 0 Å². The van der Waals surface area contributed by atoms with E-state index < -0.39 is 29.8 Å². The monoisotopic (exact) mass is 239 g/mol. The van der Waals surface area contributed by atoms with Crippen molar-refractivity contribution in [1.82, 2.24) is 4.98 Å². The average molecular weight is 239 g/mol. The summed E-state index contributed by atoms with van der Waals surface area (Å²) in [6.07, 6.45) is 0. The fourth-order valence-electron chi connectivity index (χ4n) is 1.61. The summed E-state index contributed by atoms with van der Waals surface area (Å²) < 4.78 is 25.0. The highest BCUT2D eigenvalue weighted by atomic mass is 19.1. The first kappa shape index (κ1) is 12.3. The lowest BCUT2D eigenvalue weighted by atomic mass is 9.80. The van der Waals surface area contributed by atoms with Crippen LogP contribution in [0.25, 0.3) is 0 Å². The van der Waals surface area contributed by atoms with Crippen LogP contribution in [0.3, 0.4) is 0 Å². The molecule has 0 saturated carbocycles. The first-order chi connectivity index (χ1) is 7.73. The molecule has 0 atom stereocenters. The van der Waals surface area contributed by atoms with E-state index in [0.29, 0.717) is 0 Å². The molecule has 17 heavy (non-hydrogen) atoms. The molecule has 1 aliphatic heterocycles. The molecule has 0 unspecified atom stereocenters. The van der Waals surface area contributed by atoms with Crippen LogP contribution in [-0.4, -0.2) is 23.3 Å². The van der Waals surface area contributed by atoms with Crippen molar-refractivity contribution in [2.75, 3.05) is 0 Å². The van der Waals surface area contributed by atoms with Gasteiger partial charge in [-0.1, -0.05) is 6.07 Å². The van der Waals surface area contributed by atoms with Gasteiger partial charge in [0, 0.05) is 11.5 Å². The minimum atomic E-state index is -0.795. The number of hydrogen-bond donors (Lipinski definition) is 1. The Bertz CT molecular complexity index is 482. The molecule has 2 rings (SSSR count). The standard InChI is InChI=1S/C11H15BFNO3/c1-10(2)11(3,4)17-12(16-10)7-5-6-8(15)14-9(7)13/h5-6H,1-4H3,(H,14,15). The summed E-state index contributed by atoms with van der Waals surface area (Å²) in [5.74, 6) is -0.712. The van der Waals surface area contributed by atoms with Gasteiger partial charge in [-0.3, -0.25) is 9.78 Å².